The van der Waals surface area contributed by atoms with E-state index in [9.17, 15) is 22.5 Å². The first-order valence-corrected chi connectivity index (χ1v) is 13.1. The van der Waals surface area contributed by atoms with Gasteiger partial charge in [0.05, 0.1) is 18.5 Å². The second-order valence-corrected chi connectivity index (χ2v) is 10.7. The quantitative estimate of drug-likeness (QED) is 0.181. The van der Waals surface area contributed by atoms with Gasteiger partial charge in [0.25, 0.3) is 5.91 Å². The first kappa shape index (κ1) is 29.2. The smallest absolute Gasteiger partial charge is 0.495 e. The minimum atomic E-state index is -4.78. The number of nitrogens with one attached hydrogen (secondary N) is 3. The highest BCUT2D eigenvalue weighted by atomic mass is 79.9. The third kappa shape index (κ3) is 7.36. The summed E-state index contributed by atoms with van der Waals surface area (Å²) in [5, 5.41) is 7.79. The number of rotatable bonds is 10. The van der Waals surface area contributed by atoms with Gasteiger partial charge in [-0.1, -0.05) is 6.07 Å². The number of carbonyl (C=O) groups is 1. The normalized spacial score (nSPS) is 11.8. The molecule has 1 atom stereocenters. The first-order valence-electron chi connectivity index (χ1n) is 11.1. The van der Waals surface area contributed by atoms with Crippen molar-refractivity contribution in [1.29, 1.82) is 0 Å². The van der Waals surface area contributed by atoms with Gasteiger partial charge in [0.1, 0.15) is 28.3 Å². The number of carbonyl (C=O) groups excluding carboxylic acids is 1. The lowest BCUT2D eigenvalue weighted by Gasteiger charge is -2.17. The predicted molar refractivity (Wildman–Crippen MR) is 139 cm³/mol. The number of amides is 1. The second kappa shape index (κ2) is 12.5. The Morgan fingerprint density at radius 1 is 1.13 bits per heavy atom. The van der Waals surface area contributed by atoms with E-state index in [1.165, 1.54) is 26.3 Å². The highest BCUT2D eigenvalue weighted by Crippen LogP contribution is 2.37. The Morgan fingerprint density at radius 2 is 1.84 bits per heavy atom. The molecule has 0 saturated carbocycles. The number of alkyl halides is 3. The van der Waals surface area contributed by atoms with E-state index in [1.807, 2.05) is 0 Å². The van der Waals surface area contributed by atoms with Crippen LogP contribution in [0.4, 0.5) is 36.3 Å². The number of halogens is 4. The van der Waals surface area contributed by atoms with Crippen LogP contribution in [-0.4, -0.2) is 40.7 Å². The van der Waals surface area contributed by atoms with Crippen molar-refractivity contribution in [3.63, 3.8) is 0 Å². The van der Waals surface area contributed by atoms with E-state index in [1.54, 1.807) is 32.0 Å². The van der Waals surface area contributed by atoms with Crippen LogP contribution < -0.4 is 20.7 Å². The van der Waals surface area contributed by atoms with Crippen LogP contribution in [-0.2, 0) is 21.9 Å². The number of hydrogen-bond acceptors (Lipinski definition) is 9. The fraction of sp³-hybridized carbons (Fsp3) is 0.304. The van der Waals surface area contributed by atoms with Gasteiger partial charge in [0, 0.05) is 13.2 Å². The van der Waals surface area contributed by atoms with Crippen molar-refractivity contribution in [2.45, 2.75) is 32.3 Å². The van der Waals surface area contributed by atoms with Gasteiger partial charge in [-0.2, -0.15) is 18.2 Å². The molecule has 0 aliphatic heterocycles. The molecule has 1 aromatic carbocycles. The number of aromatic nitrogens is 3. The molecule has 2 aromatic heterocycles. The van der Waals surface area contributed by atoms with Crippen LogP contribution in [0.25, 0.3) is 0 Å². The molecule has 1 amide bonds. The standard InChI is InChI=1S/C23H23BrF3N6O4P/c1-12(2)38(35)37-11-13-5-6-15(17(9-13)36-4)31-22-29-10-14(23(25,26)27)20(33-22)30-16-7-8-18(24)32-19(16)21(34)28-3/h5-10,12H,11H2,1-4H3,(H2-,28,29,30,31,33,34)/p+1. The number of anilines is 4. The van der Waals surface area contributed by atoms with E-state index in [4.69, 9.17) is 9.26 Å². The third-order valence-corrected chi connectivity index (χ3v) is 6.61. The molecule has 3 aromatic rings. The molecule has 0 radical (unpaired) electrons. The monoisotopic (exact) mass is 615 g/mol. The molecule has 0 bridgehead atoms. The summed E-state index contributed by atoms with van der Waals surface area (Å²) in [4.78, 5) is 24.1. The van der Waals surface area contributed by atoms with Crippen LogP contribution in [0, 0.1) is 0 Å². The Morgan fingerprint density at radius 3 is 2.47 bits per heavy atom. The van der Waals surface area contributed by atoms with E-state index < -0.39 is 31.5 Å². The summed E-state index contributed by atoms with van der Waals surface area (Å²) in [7, 11) is 0.961. The van der Waals surface area contributed by atoms with Gasteiger partial charge in [-0.15, -0.1) is 4.52 Å². The van der Waals surface area contributed by atoms with Gasteiger partial charge in [0.2, 0.25) is 5.95 Å². The summed E-state index contributed by atoms with van der Waals surface area (Å²) in [5.41, 5.74) is -0.366. The Kier molecular flexibility index (Phi) is 9.58. The molecular formula is C23H24BrF3N6O4P+. The van der Waals surface area contributed by atoms with Crippen LogP contribution in [0.15, 0.2) is 41.1 Å². The molecule has 0 aliphatic rings. The van der Waals surface area contributed by atoms with Crippen molar-refractivity contribution < 1.29 is 31.8 Å². The summed E-state index contributed by atoms with van der Waals surface area (Å²) in [6, 6.07) is 7.79. The van der Waals surface area contributed by atoms with Gasteiger partial charge in [-0.05, 0) is 64.2 Å². The SMILES string of the molecule is CNC(=O)c1nc(Br)ccc1Nc1nc(Nc2ccc(CO[P+](=O)C(C)C)cc2OC)ncc1C(F)(F)F. The lowest BCUT2D eigenvalue weighted by molar-refractivity contribution is -0.137. The molecule has 0 spiro atoms. The number of benzene rings is 1. The van der Waals surface area contributed by atoms with E-state index >= 15 is 0 Å². The van der Waals surface area contributed by atoms with Crippen molar-refractivity contribution in [2.24, 2.45) is 0 Å². The Hall–Kier alpha value is -3.35. The highest BCUT2D eigenvalue weighted by Gasteiger charge is 2.36. The molecule has 0 fully saturated rings. The van der Waals surface area contributed by atoms with Crippen molar-refractivity contribution in [2.75, 3.05) is 24.8 Å². The molecule has 202 valence electrons. The summed E-state index contributed by atoms with van der Waals surface area (Å²) in [6.45, 7) is 3.65. The summed E-state index contributed by atoms with van der Waals surface area (Å²) >= 11 is 3.15. The Labute approximate surface area is 225 Å². The van der Waals surface area contributed by atoms with Crippen LogP contribution in [0.1, 0.15) is 35.5 Å². The Balaban J connectivity index is 1.94. The zero-order valence-corrected chi connectivity index (χ0v) is 23.2. The molecular weight excluding hydrogens is 592 g/mol. The predicted octanol–water partition coefficient (Wildman–Crippen LogP) is 6.18. The maximum atomic E-state index is 13.7. The lowest BCUT2D eigenvalue weighted by Crippen LogP contribution is -2.21. The molecule has 10 nitrogen and oxygen atoms in total. The lowest BCUT2D eigenvalue weighted by atomic mass is 10.2. The average Bonchev–Trinajstić information content (AvgIpc) is 2.87. The fourth-order valence-electron chi connectivity index (χ4n) is 3.04. The van der Waals surface area contributed by atoms with Gasteiger partial charge >= 0.3 is 14.2 Å². The van der Waals surface area contributed by atoms with E-state index in [0.717, 1.165) is 0 Å². The maximum absolute atomic E-state index is 13.7. The van der Waals surface area contributed by atoms with Crippen LogP contribution in [0.3, 0.4) is 0 Å². The number of methoxy groups -OCH3 is 1. The molecule has 2 heterocycles. The largest absolute Gasteiger partial charge is 0.511 e. The Bertz CT molecular complexity index is 1340. The van der Waals surface area contributed by atoms with Crippen molar-refractivity contribution in [3.8, 4) is 5.75 Å². The molecule has 3 rings (SSSR count). The molecule has 0 saturated heterocycles. The van der Waals surface area contributed by atoms with E-state index in [-0.39, 0.29) is 29.6 Å². The van der Waals surface area contributed by atoms with Crippen LogP contribution in [0.2, 0.25) is 0 Å². The van der Waals surface area contributed by atoms with Crippen molar-refractivity contribution in [3.05, 3.63) is 58.0 Å². The number of nitrogens with zero attached hydrogens (tertiary/aromatic N) is 3. The molecule has 0 aliphatic carbocycles. The summed E-state index contributed by atoms with van der Waals surface area (Å²) in [6.07, 6.45) is -4.16. The third-order valence-electron chi connectivity index (χ3n) is 4.94. The van der Waals surface area contributed by atoms with Gasteiger partial charge in [0.15, 0.2) is 11.4 Å². The van der Waals surface area contributed by atoms with Gasteiger partial charge in [-0.3, -0.25) is 4.79 Å². The number of pyridine rings is 1. The molecule has 15 heteroatoms. The van der Waals surface area contributed by atoms with Crippen molar-refractivity contribution in [1.82, 2.24) is 20.3 Å². The van der Waals surface area contributed by atoms with Gasteiger partial charge < -0.3 is 20.7 Å². The number of ether oxygens (including phenoxy) is 1. The highest BCUT2D eigenvalue weighted by molar-refractivity contribution is 9.10. The molecule has 3 N–H and O–H groups in total. The molecule has 1 unspecified atom stereocenters. The maximum Gasteiger partial charge on any atom is 0.511 e. The minimum absolute atomic E-state index is 0.00404. The van der Waals surface area contributed by atoms with Crippen LogP contribution >= 0.6 is 24.0 Å². The zero-order chi connectivity index (χ0) is 28.0. The van der Waals surface area contributed by atoms with Gasteiger partial charge in [-0.25, -0.2) is 9.97 Å². The van der Waals surface area contributed by atoms with Crippen LogP contribution in [0.5, 0.6) is 5.75 Å². The average molecular weight is 616 g/mol. The molecule has 38 heavy (non-hydrogen) atoms. The second-order valence-electron chi connectivity index (χ2n) is 8.00. The fourth-order valence-corrected chi connectivity index (χ4v) is 3.92. The van der Waals surface area contributed by atoms with E-state index in [2.05, 4.69) is 46.8 Å². The first-order chi connectivity index (χ1) is 17.9. The number of hydrogen-bond donors (Lipinski definition) is 3. The van der Waals surface area contributed by atoms with Crippen molar-refractivity contribution >= 4 is 53.0 Å². The summed E-state index contributed by atoms with van der Waals surface area (Å²) in [5.74, 6) is -1.03. The summed E-state index contributed by atoms with van der Waals surface area (Å²) < 4.78 is 64.2. The van der Waals surface area contributed by atoms with E-state index in [0.29, 0.717) is 27.8 Å². The topological polar surface area (TPSA) is 127 Å². The minimum Gasteiger partial charge on any atom is -0.495 e. The zero-order valence-electron chi connectivity index (χ0n) is 20.7.